The second-order valence-electron chi connectivity index (χ2n) is 6.40. The molecule has 4 aromatic rings. The quantitative estimate of drug-likeness (QED) is 0.383. The minimum Gasteiger partial charge on any atom is -0.332 e. The first kappa shape index (κ1) is 19.5. The summed E-state index contributed by atoms with van der Waals surface area (Å²) in [4.78, 5) is 17.0. The zero-order chi connectivity index (χ0) is 20.4. The summed E-state index contributed by atoms with van der Waals surface area (Å²) in [5.41, 5.74) is 3.96. The van der Waals surface area contributed by atoms with E-state index < -0.39 is 0 Å². The van der Waals surface area contributed by atoms with Gasteiger partial charge in [0.2, 0.25) is 0 Å². The number of nitrogens with one attached hydrogen (secondary N) is 2. The number of carbonyl (C=O) groups excluding carboxylic acids is 1. The maximum atomic E-state index is 12.4. The molecular formula is C22H16ClN3OS2. The molecule has 0 spiro atoms. The van der Waals surface area contributed by atoms with E-state index in [0.29, 0.717) is 16.3 Å². The third-order valence-electron chi connectivity index (χ3n) is 4.37. The van der Waals surface area contributed by atoms with Crippen LogP contribution in [0.4, 0.5) is 5.69 Å². The van der Waals surface area contributed by atoms with Gasteiger partial charge in [-0.05, 0) is 61.1 Å². The maximum absolute atomic E-state index is 12.4. The molecule has 2 N–H and O–H groups in total. The molecule has 144 valence electrons. The summed E-state index contributed by atoms with van der Waals surface area (Å²) >= 11 is 13.4. The number of amides is 1. The highest BCUT2D eigenvalue weighted by atomic mass is 35.5. The number of halogens is 1. The number of aryl methyl sites for hydroxylation is 1. The van der Waals surface area contributed by atoms with Crippen molar-refractivity contribution in [2.24, 2.45) is 0 Å². The molecule has 1 aromatic heterocycles. The molecule has 0 atom stereocenters. The molecule has 0 saturated heterocycles. The van der Waals surface area contributed by atoms with Crippen molar-refractivity contribution in [2.75, 3.05) is 5.32 Å². The highest BCUT2D eigenvalue weighted by molar-refractivity contribution is 7.80. The molecule has 0 fully saturated rings. The van der Waals surface area contributed by atoms with Crippen LogP contribution in [0, 0.1) is 6.92 Å². The Morgan fingerprint density at radius 1 is 1.07 bits per heavy atom. The number of hydrogen-bond acceptors (Lipinski definition) is 4. The Labute approximate surface area is 182 Å². The number of aromatic nitrogens is 1. The molecular weight excluding hydrogens is 422 g/mol. The summed E-state index contributed by atoms with van der Waals surface area (Å²) < 4.78 is 1.11. The SMILES string of the molecule is Cc1ccccc1C(=O)NC(=S)Nc1ccc(-c2nc3ccccc3s2)c(Cl)c1. The largest absolute Gasteiger partial charge is 0.332 e. The van der Waals surface area contributed by atoms with Gasteiger partial charge in [-0.2, -0.15) is 0 Å². The second kappa shape index (κ2) is 8.29. The average Bonchev–Trinajstić information content (AvgIpc) is 3.12. The number of nitrogens with zero attached hydrogens (tertiary/aromatic N) is 1. The Morgan fingerprint density at radius 2 is 1.83 bits per heavy atom. The number of thiazole rings is 1. The lowest BCUT2D eigenvalue weighted by molar-refractivity contribution is 0.0977. The Kier molecular flexibility index (Phi) is 5.58. The molecule has 1 heterocycles. The first-order chi connectivity index (χ1) is 14.0. The molecule has 0 bridgehead atoms. The lowest BCUT2D eigenvalue weighted by Gasteiger charge is -2.12. The van der Waals surface area contributed by atoms with Gasteiger partial charge in [-0.3, -0.25) is 10.1 Å². The van der Waals surface area contributed by atoms with Crippen LogP contribution in [0.3, 0.4) is 0 Å². The van der Waals surface area contributed by atoms with Crippen molar-refractivity contribution >= 4 is 62.1 Å². The minimum atomic E-state index is -0.252. The van der Waals surface area contributed by atoms with Crippen LogP contribution in [0.2, 0.25) is 5.02 Å². The lowest BCUT2D eigenvalue weighted by atomic mass is 10.1. The lowest BCUT2D eigenvalue weighted by Crippen LogP contribution is -2.34. The fourth-order valence-corrected chi connectivity index (χ4v) is 4.46. The summed E-state index contributed by atoms with van der Waals surface area (Å²) in [6.45, 7) is 1.88. The van der Waals surface area contributed by atoms with Gasteiger partial charge in [0.05, 0.1) is 15.2 Å². The summed E-state index contributed by atoms with van der Waals surface area (Å²) in [6, 6.07) is 20.9. The van der Waals surface area contributed by atoms with E-state index in [-0.39, 0.29) is 11.0 Å². The van der Waals surface area contributed by atoms with Crippen molar-refractivity contribution in [1.29, 1.82) is 0 Å². The second-order valence-corrected chi connectivity index (χ2v) is 8.25. The summed E-state index contributed by atoms with van der Waals surface area (Å²) in [6.07, 6.45) is 0. The van der Waals surface area contributed by atoms with Crippen molar-refractivity contribution in [1.82, 2.24) is 10.3 Å². The first-order valence-electron chi connectivity index (χ1n) is 8.85. The number of thiocarbonyl (C=S) groups is 1. The third-order valence-corrected chi connectivity index (χ3v) is 5.95. The van der Waals surface area contributed by atoms with Gasteiger partial charge in [-0.15, -0.1) is 11.3 Å². The predicted octanol–water partition coefficient (Wildman–Crippen LogP) is 6.05. The molecule has 0 unspecified atom stereocenters. The topological polar surface area (TPSA) is 54.0 Å². The monoisotopic (exact) mass is 437 g/mol. The minimum absolute atomic E-state index is 0.210. The van der Waals surface area contributed by atoms with Crippen molar-refractivity contribution in [2.45, 2.75) is 6.92 Å². The highest BCUT2D eigenvalue weighted by Gasteiger charge is 2.13. The summed E-state index contributed by atoms with van der Waals surface area (Å²) in [5, 5.41) is 7.33. The van der Waals surface area contributed by atoms with Crippen LogP contribution in [-0.2, 0) is 0 Å². The van der Waals surface area contributed by atoms with E-state index in [9.17, 15) is 4.79 Å². The normalized spacial score (nSPS) is 10.7. The number of benzene rings is 3. The predicted molar refractivity (Wildman–Crippen MR) is 125 cm³/mol. The summed E-state index contributed by atoms with van der Waals surface area (Å²) in [7, 11) is 0. The fourth-order valence-electron chi connectivity index (χ4n) is 2.91. The first-order valence-corrected chi connectivity index (χ1v) is 10.4. The van der Waals surface area contributed by atoms with Crippen LogP contribution in [0.5, 0.6) is 0 Å². The van der Waals surface area contributed by atoms with Gasteiger partial charge in [-0.25, -0.2) is 4.98 Å². The molecule has 0 saturated carbocycles. The molecule has 0 radical (unpaired) electrons. The van der Waals surface area contributed by atoms with E-state index in [4.69, 9.17) is 23.8 Å². The molecule has 0 aliphatic carbocycles. The van der Waals surface area contributed by atoms with Gasteiger partial charge in [0, 0.05) is 16.8 Å². The zero-order valence-electron chi connectivity index (χ0n) is 15.4. The van der Waals surface area contributed by atoms with Crippen LogP contribution in [0.15, 0.2) is 66.7 Å². The Morgan fingerprint density at radius 3 is 2.59 bits per heavy atom. The molecule has 0 aliphatic heterocycles. The van der Waals surface area contributed by atoms with Crippen molar-refractivity contribution in [3.8, 4) is 10.6 Å². The Bertz CT molecular complexity index is 1200. The van der Waals surface area contributed by atoms with Crippen LogP contribution >= 0.6 is 35.2 Å². The zero-order valence-corrected chi connectivity index (χ0v) is 17.8. The number of para-hydroxylation sites is 1. The number of anilines is 1. The number of carbonyl (C=O) groups is 1. The number of hydrogen-bond donors (Lipinski definition) is 2. The highest BCUT2D eigenvalue weighted by Crippen LogP contribution is 2.35. The van der Waals surface area contributed by atoms with Crippen LogP contribution in [0.25, 0.3) is 20.8 Å². The molecule has 29 heavy (non-hydrogen) atoms. The Balaban J connectivity index is 1.48. The van der Waals surface area contributed by atoms with E-state index >= 15 is 0 Å². The van der Waals surface area contributed by atoms with E-state index in [0.717, 1.165) is 26.4 Å². The average molecular weight is 438 g/mol. The molecule has 7 heteroatoms. The molecule has 4 rings (SSSR count). The van der Waals surface area contributed by atoms with E-state index in [1.807, 2.05) is 61.5 Å². The van der Waals surface area contributed by atoms with Crippen molar-refractivity contribution in [3.63, 3.8) is 0 Å². The van der Waals surface area contributed by atoms with E-state index in [2.05, 4.69) is 15.6 Å². The van der Waals surface area contributed by atoms with E-state index in [1.165, 1.54) is 0 Å². The smallest absolute Gasteiger partial charge is 0.257 e. The van der Waals surface area contributed by atoms with Gasteiger partial charge in [-0.1, -0.05) is 41.9 Å². The van der Waals surface area contributed by atoms with E-state index in [1.54, 1.807) is 23.5 Å². The van der Waals surface area contributed by atoms with Gasteiger partial charge >= 0.3 is 0 Å². The standard InChI is InChI=1S/C22H16ClN3OS2/c1-13-6-2-3-7-15(13)20(27)26-22(28)24-14-10-11-16(17(23)12-14)21-25-18-8-4-5-9-19(18)29-21/h2-12H,1H3,(H2,24,26,27,28). The van der Waals surface area contributed by atoms with Crippen LogP contribution in [0.1, 0.15) is 15.9 Å². The van der Waals surface area contributed by atoms with Crippen LogP contribution in [-0.4, -0.2) is 16.0 Å². The number of rotatable bonds is 3. The maximum Gasteiger partial charge on any atom is 0.257 e. The van der Waals surface area contributed by atoms with Crippen LogP contribution < -0.4 is 10.6 Å². The molecule has 0 aliphatic rings. The molecule has 3 aromatic carbocycles. The molecule has 1 amide bonds. The van der Waals surface area contributed by atoms with Gasteiger partial charge < -0.3 is 5.32 Å². The van der Waals surface area contributed by atoms with Crippen molar-refractivity contribution < 1.29 is 4.79 Å². The summed E-state index contributed by atoms with van der Waals surface area (Å²) in [5.74, 6) is -0.252. The number of fused-ring (bicyclic) bond motifs is 1. The molecule has 4 nitrogen and oxygen atoms in total. The third kappa shape index (κ3) is 4.29. The fraction of sp³-hybridized carbons (Fsp3) is 0.0455. The van der Waals surface area contributed by atoms with Crippen molar-refractivity contribution in [3.05, 3.63) is 82.9 Å². The van der Waals surface area contributed by atoms with Gasteiger partial charge in [0.25, 0.3) is 5.91 Å². The van der Waals surface area contributed by atoms with Gasteiger partial charge in [0.1, 0.15) is 5.01 Å². The Hall–Kier alpha value is -2.80. The van der Waals surface area contributed by atoms with Gasteiger partial charge in [0.15, 0.2) is 5.11 Å².